The van der Waals surface area contributed by atoms with E-state index in [-0.39, 0.29) is 23.4 Å². The van der Waals surface area contributed by atoms with Gasteiger partial charge in [-0.05, 0) is 35.7 Å². The number of amides is 1. The predicted octanol–water partition coefficient (Wildman–Crippen LogP) is 1.69. The molecule has 0 saturated heterocycles. The van der Waals surface area contributed by atoms with Crippen LogP contribution in [0.3, 0.4) is 0 Å². The highest BCUT2D eigenvalue weighted by Gasteiger charge is 2.42. The minimum absolute atomic E-state index is 0.0656. The van der Waals surface area contributed by atoms with Crippen LogP contribution in [0.1, 0.15) is 35.2 Å². The van der Waals surface area contributed by atoms with Crippen LogP contribution in [0.15, 0.2) is 65.3 Å². The monoisotopic (exact) mass is 407 g/mol. The zero-order valence-electron chi connectivity index (χ0n) is 16.4. The van der Waals surface area contributed by atoms with Gasteiger partial charge in [-0.3, -0.25) is 9.89 Å². The Bertz CT molecular complexity index is 1060. The largest absolute Gasteiger partial charge is 0.329 e. The van der Waals surface area contributed by atoms with Gasteiger partial charge in [0.2, 0.25) is 5.91 Å². The molecule has 0 radical (unpaired) electrons. The molecule has 9 heteroatoms. The first-order chi connectivity index (χ1) is 14.7. The zero-order valence-corrected chi connectivity index (χ0v) is 16.4. The number of rotatable bonds is 4. The van der Waals surface area contributed by atoms with Crippen LogP contribution in [0.2, 0.25) is 0 Å². The van der Waals surface area contributed by atoms with Crippen molar-refractivity contribution in [3.63, 3.8) is 0 Å². The molecular weight excluding hydrogens is 385 g/mol. The Morgan fingerprint density at radius 2 is 2.13 bits per heavy atom. The molecule has 5 rings (SSSR count). The first kappa shape index (κ1) is 18.7. The molecule has 4 N–H and O–H groups in total. The van der Waals surface area contributed by atoms with Crippen LogP contribution < -0.4 is 16.1 Å². The van der Waals surface area contributed by atoms with E-state index in [1.807, 2.05) is 7.05 Å². The summed E-state index contributed by atoms with van der Waals surface area (Å²) in [7, 11) is 1.92. The van der Waals surface area contributed by atoms with Crippen LogP contribution in [0.5, 0.6) is 0 Å². The summed E-state index contributed by atoms with van der Waals surface area (Å²) >= 11 is 0. The molecule has 3 heterocycles. The zero-order chi connectivity index (χ0) is 20.7. The molecule has 1 aromatic carbocycles. The van der Waals surface area contributed by atoms with Crippen LogP contribution in [0.25, 0.3) is 0 Å². The summed E-state index contributed by atoms with van der Waals surface area (Å²) in [4.78, 5) is 16.6. The van der Waals surface area contributed by atoms with E-state index in [1.165, 1.54) is 18.0 Å². The molecule has 3 aliphatic rings. The number of carbonyl (C=O) groups excluding carboxylic acids is 1. The average Bonchev–Trinajstić information content (AvgIpc) is 3.22. The maximum absolute atomic E-state index is 14.6. The summed E-state index contributed by atoms with van der Waals surface area (Å²) in [5, 5.41) is 13.4. The van der Waals surface area contributed by atoms with Crippen molar-refractivity contribution >= 4 is 5.91 Å². The number of nitrogens with one attached hydrogen (secondary N) is 4. The molecule has 2 aromatic rings. The van der Waals surface area contributed by atoms with Gasteiger partial charge in [0.1, 0.15) is 17.8 Å². The second-order valence-corrected chi connectivity index (χ2v) is 7.66. The minimum atomic E-state index is -0.366. The summed E-state index contributed by atoms with van der Waals surface area (Å²) in [6.07, 6.45) is 5.17. The third-order valence-corrected chi connectivity index (χ3v) is 5.90. The molecule has 1 amide bonds. The van der Waals surface area contributed by atoms with Crippen LogP contribution >= 0.6 is 0 Å². The lowest BCUT2D eigenvalue weighted by Crippen LogP contribution is -2.41. The van der Waals surface area contributed by atoms with Gasteiger partial charge in [0.15, 0.2) is 0 Å². The number of hydrogen-bond acceptors (Lipinski definition) is 6. The number of carbonyl (C=O) groups is 1. The van der Waals surface area contributed by atoms with E-state index in [0.29, 0.717) is 17.6 Å². The Hall–Kier alpha value is -3.30. The molecule has 0 spiro atoms. The van der Waals surface area contributed by atoms with E-state index in [9.17, 15) is 9.28 Å². The van der Waals surface area contributed by atoms with E-state index < -0.39 is 0 Å². The third-order valence-electron chi connectivity index (χ3n) is 5.90. The summed E-state index contributed by atoms with van der Waals surface area (Å²) < 4.78 is 14.6. The number of benzene rings is 1. The molecule has 8 nitrogen and oxygen atoms in total. The minimum Gasteiger partial charge on any atom is -0.329 e. The smallest absolute Gasteiger partial charge is 0.250 e. The summed E-state index contributed by atoms with van der Waals surface area (Å²) in [6, 6.07) is 8.50. The van der Waals surface area contributed by atoms with E-state index in [4.69, 9.17) is 0 Å². The molecule has 0 bridgehead atoms. The predicted molar refractivity (Wildman–Crippen MR) is 108 cm³/mol. The van der Waals surface area contributed by atoms with Gasteiger partial charge in [-0.1, -0.05) is 28.7 Å². The fourth-order valence-corrected chi connectivity index (χ4v) is 4.60. The summed E-state index contributed by atoms with van der Waals surface area (Å²) in [6.45, 7) is 1.18. The van der Waals surface area contributed by atoms with Crippen molar-refractivity contribution in [3.8, 4) is 0 Å². The highest BCUT2D eigenvalue weighted by atomic mass is 19.2. The van der Waals surface area contributed by atoms with Crippen LogP contribution in [0, 0.1) is 0 Å². The highest BCUT2D eigenvalue weighted by Crippen LogP contribution is 2.51. The van der Waals surface area contributed by atoms with Crippen LogP contribution in [0.4, 0.5) is 4.48 Å². The Morgan fingerprint density at radius 1 is 1.30 bits per heavy atom. The molecule has 2 unspecified atom stereocenters. The molecule has 154 valence electrons. The average molecular weight is 407 g/mol. The lowest BCUT2D eigenvalue weighted by molar-refractivity contribution is -0.115. The number of H-pyrrole nitrogens is 1. The second kappa shape index (κ2) is 7.51. The maximum atomic E-state index is 14.6. The van der Waals surface area contributed by atoms with Crippen molar-refractivity contribution in [3.05, 3.63) is 82.2 Å². The SMILES string of the molecule is CNCc1ccc(C2CC3=C4C(=CNC(=O)C=C4N(F)NC3)C2c2ncn[nH]2)cc1. The topological polar surface area (TPSA) is 98.0 Å². The third kappa shape index (κ3) is 3.12. The van der Waals surface area contributed by atoms with Crippen molar-refractivity contribution in [1.82, 2.24) is 36.5 Å². The number of aromatic amines is 1. The first-order valence-electron chi connectivity index (χ1n) is 9.89. The lowest BCUT2D eigenvalue weighted by Gasteiger charge is -2.40. The number of nitrogens with zero attached hydrogens (tertiary/aromatic N) is 3. The number of hydrogen-bond donors (Lipinski definition) is 4. The fourth-order valence-electron chi connectivity index (χ4n) is 4.60. The molecule has 30 heavy (non-hydrogen) atoms. The number of aromatic nitrogens is 3. The standard InChI is InChI=1S/C21H22FN7O/c1-23-8-12-2-4-13(5-3-12)15-6-14-9-27-29(22)17-7-18(30)24-10-16(19(14)17)20(15)21-25-11-26-28-21/h2-5,7,10-11,15,20,23,27H,6,8-9H2,1H3,(H,24,30)(H,25,26,28). The van der Waals surface area contributed by atoms with E-state index in [0.717, 1.165) is 35.2 Å². The van der Waals surface area contributed by atoms with Gasteiger partial charge < -0.3 is 10.6 Å². The highest BCUT2D eigenvalue weighted by molar-refractivity contribution is 5.91. The van der Waals surface area contributed by atoms with Crippen molar-refractivity contribution in [1.29, 1.82) is 0 Å². The summed E-state index contributed by atoms with van der Waals surface area (Å²) in [5.74, 6) is 0.191. The number of halogens is 1. The van der Waals surface area contributed by atoms with E-state index >= 15 is 0 Å². The van der Waals surface area contributed by atoms with Crippen molar-refractivity contribution in [2.24, 2.45) is 0 Å². The van der Waals surface area contributed by atoms with Gasteiger partial charge in [0.25, 0.3) is 0 Å². The molecule has 2 aliphatic heterocycles. The van der Waals surface area contributed by atoms with Crippen LogP contribution in [-0.2, 0) is 11.3 Å². The Kier molecular flexibility index (Phi) is 4.68. The van der Waals surface area contributed by atoms with Crippen LogP contribution in [-0.4, -0.2) is 39.9 Å². The lowest BCUT2D eigenvalue weighted by atomic mass is 9.68. The number of hydrazine groups is 1. The Morgan fingerprint density at radius 3 is 2.87 bits per heavy atom. The van der Waals surface area contributed by atoms with E-state index in [1.54, 1.807) is 6.20 Å². The first-order valence-corrected chi connectivity index (χ1v) is 9.89. The van der Waals surface area contributed by atoms with Gasteiger partial charge in [0.05, 0.1) is 5.92 Å². The van der Waals surface area contributed by atoms with Gasteiger partial charge in [0, 0.05) is 36.9 Å². The molecular formula is C21H22FN7O. The number of allylic oxidation sites excluding steroid dienone is 1. The van der Waals surface area contributed by atoms with Crippen molar-refractivity contribution < 1.29 is 9.28 Å². The molecule has 2 atom stereocenters. The van der Waals surface area contributed by atoms with Gasteiger partial charge in [-0.25, -0.2) is 10.4 Å². The second-order valence-electron chi connectivity index (χ2n) is 7.66. The fraction of sp³-hybridized carbons (Fsp3) is 0.286. The molecule has 0 fully saturated rings. The molecule has 1 aliphatic carbocycles. The quantitative estimate of drug-likeness (QED) is 0.576. The Balaban J connectivity index is 1.65. The van der Waals surface area contributed by atoms with E-state index in [2.05, 4.69) is 55.5 Å². The molecule has 1 aromatic heterocycles. The van der Waals surface area contributed by atoms with Gasteiger partial charge in [-0.15, -0.1) is 5.23 Å². The normalized spacial score (nSPS) is 23.4. The van der Waals surface area contributed by atoms with Crippen molar-refractivity contribution in [2.75, 3.05) is 13.6 Å². The summed E-state index contributed by atoms with van der Waals surface area (Å²) in [5.41, 5.74) is 7.97. The van der Waals surface area contributed by atoms with Crippen molar-refractivity contribution in [2.45, 2.75) is 24.8 Å². The molecule has 0 saturated carbocycles. The maximum Gasteiger partial charge on any atom is 0.250 e. The van der Waals surface area contributed by atoms with Gasteiger partial charge >= 0.3 is 0 Å². The van der Waals surface area contributed by atoms with Gasteiger partial charge in [-0.2, -0.15) is 5.10 Å². The Labute approximate surface area is 172 Å².